The van der Waals surface area contributed by atoms with Crippen molar-refractivity contribution in [3.63, 3.8) is 0 Å². The Labute approximate surface area is 159 Å². The maximum Gasteiger partial charge on any atom is 0.246 e. The maximum atomic E-state index is 12.0. The van der Waals surface area contributed by atoms with Crippen LogP contribution in [0.3, 0.4) is 0 Å². The van der Waals surface area contributed by atoms with Crippen molar-refractivity contribution in [1.82, 2.24) is 10.3 Å². The molecular weight excluding hydrogens is 344 g/mol. The number of rotatable bonds is 8. The van der Waals surface area contributed by atoms with Crippen LogP contribution in [0.4, 0.5) is 0 Å². The van der Waals surface area contributed by atoms with Gasteiger partial charge in [0.2, 0.25) is 11.8 Å². The van der Waals surface area contributed by atoms with Gasteiger partial charge in [0.15, 0.2) is 0 Å². The highest BCUT2D eigenvalue weighted by atomic mass is 16.5. The molecule has 27 heavy (non-hydrogen) atoms. The third-order valence-corrected chi connectivity index (χ3v) is 4.57. The van der Waals surface area contributed by atoms with Crippen LogP contribution in [0.2, 0.25) is 0 Å². The number of carbonyl (C=O) groups excluding carboxylic acids is 1. The summed E-state index contributed by atoms with van der Waals surface area (Å²) < 4.78 is 16.6. The standard InChI is InChI=1S/C21H26N2O4/c1-25-17-7-9-19(10-8-17)27-21-13-16(11-12-22-21)14-23-20(24)15-26-18-5-3-2-4-6-18/h7-13,18H,2-6,14-15H2,1H3,(H,23,24). The summed E-state index contributed by atoms with van der Waals surface area (Å²) in [5.74, 6) is 1.81. The number of hydrogen-bond donors (Lipinski definition) is 1. The van der Waals surface area contributed by atoms with Crippen LogP contribution < -0.4 is 14.8 Å². The average Bonchev–Trinajstić information content (AvgIpc) is 2.72. The summed E-state index contributed by atoms with van der Waals surface area (Å²) in [6.07, 6.45) is 7.68. The second-order valence-electron chi connectivity index (χ2n) is 6.63. The van der Waals surface area contributed by atoms with Crippen molar-refractivity contribution in [1.29, 1.82) is 0 Å². The van der Waals surface area contributed by atoms with Crippen LogP contribution in [0.5, 0.6) is 17.4 Å². The number of methoxy groups -OCH3 is 1. The Hall–Kier alpha value is -2.60. The molecular formula is C21H26N2O4. The number of benzene rings is 1. The fraction of sp³-hybridized carbons (Fsp3) is 0.429. The monoisotopic (exact) mass is 370 g/mol. The van der Waals surface area contributed by atoms with Gasteiger partial charge in [-0.2, -0.15) is 0 Å². The predicted molar refractivity (Wildman–Crippen MR) is 102 cm³/mol. The van der Waals surface area contributed by atoms with E-state index in [0.717, 1.165) is 24.2 Å². The number of ether oxygens (including phenoxy) is 3. The van der Waals surface area contributed by atoms with Gasteiger partial charge in [0.05, 0.1) is 13.2 Å². The predicted octanol–water partition coefficient (Wildman–Crippen LogP) is 3.85. The number of nitrogens with zero attached hydrogens (tertiary/aromatic N) is 1. The van der Waals surface area contributed by atoms with Crippen LogP contribution in [-0.4, -0.2) is 30.7 Å². The molecule has 144 valence electrons. The molecule has 0 atom stereocenters. The number of amides is 1. The van der Waals surface area contributed by atoms with E-state index in [0.29, 0.717) is 18.2 Å². The topological polar surface area (TPSA) is 69.7 Å². The first-order chi connectivity index (χ1) is 13.2. The van der Waals surface area contributed by atoms with Gasteiger partial charge in [0.25, 0.3) is 0 Å². The Kier molecular flexibility index (Phi) is 7.04. The van der Waals surface area contributed by atoms with Crippen molar-refractivity contribution >= 4 is 5.91 Å². The van der Waals surface area contributed by atoms with Gasteiger partial charge in [-0.25, -0.2) is 4.98 Å². The van der Waals surface area contributed by atoms with Crippen LogP contribution in [0.15, 0.2) is 42.6 Å². The number of aromatic nitrogens is 1. The largest absolute Gasteiger partial charge is 0.497 e. The van der Waals surface area contributed by atoms with Crippen molar-refractivity contribution < 1.29 is 19.0 Å². The third kappa shape index (κ3) is 6.25. The van der Waals surface area contributed by atoms with Gasteiger partial charge in [-0.05, 0) is 48.7 Å². The molecule has 0 aliphatic heterocycles. The summed E-state index contributed by atoms with van der Waals surface area (Å²) in [4.78, 5) is 16.2. The van der Waals surface area contributed by atoms with Crippen molar-refractivity contribution in [2.45, 2.75) is 44.8 Å². The van der Waals surface area contributed by atoms with Crippen LogP contribution in [0.1, 0.15) is 37.7 Å². The summed E-state index contributed by atoms with van der Waals surface area (Å²) in [6.45, 7) is 0.527. The van der Waals surface area contributed by atoms with Crippen molar-refractivity contribution in [3.8, 4) is 17.4 Å². The van der Waals surface area contributed by atoms with Crippen LogP contribution in [-0.2, 0) is 16.1 Å². The molecule has 1 N–H and O–H groups in total. The van der Waals surface area contributed by atoms with Crippen LogP contribution in [0.25, 0.3) is 0 Å². The van der Waals surface area contributed by atoms with Gasteiger partial charge in [0, 0.05) is 18.8 Å². The fourth-order valence-corrected chi connectivity index (χ4v) is 3.06. The van der Waals surface area contributed by atoms with E-state index in [1.807, 2.05) is 36.4 Å². The molecule has 0 unspecified atom stereocenters. The molecule has 1 aliphatic rings. The molecule has 1 heterocycles. The minimum absolute atomic E-state index is 0.102. The smallest absolute Gasteiger partial charge is 0.246 e. The van der Waals surface area contributed by atoms with Crippen molar-refractivity contribution in [3.05, 3.63) is 48.2 Å². The van der Waals surface area contributed by atoms with E-state index < -0.39 is 0 Å². The Morgan fingerprint density at radius 3 is 2.59 bits per heavy atom. The van der Waals surface area contributed by atoms with Gasteiger partial charge >= 0.3 is 0 Å². The zero-order chi connectivity index (χ0) is 18.9. The quantitative estimate of drug-likeness (QED) is 0.764. The lowest BCUT2D eigenvalue weighted by molar-refractivity contribution is -0.128. The Morgan fingerprint density at radius 1 is 1.11 bits per heavy atom. The van der Waals surface area contributed by atoms with Gasteiger partial charge in [0.1, 0.15) is 18.1 Å². The summed E-state index contributed by atoms with van der Waals surface area (Å²) in [5, 5.41) is 2.88. The summed E-state index contributed by atoms with van der Waals surface area (Å²) in [6, 6.07) is 10.9. The maximum absolute atomic E-state index is 12.0. The summed E-state index contributed by atoms with van der Waals surface area (Å²) >= 11 is 0. The zero-order valence-electron chi connectivity index (χ0n) is 15.6. The Morgan fingerprint density at radius 2 is 1.85 bits per heavy atom. The van der Waals surface area contributed by atoms with Gasteiger partial charge in [-0.3, -0.25) is 4.79 Å². The van der Waals surface area contributed by atoms with E-state index in [9.17, 15) is 4.79 Å². The molecule has 0 radical (unpaired) electrons. The molecule has 6 heteroatoms. The molecule has 0 bridgehead atoms. The highest BCUT2D eigenvalue weighted by Gasteiger charge is 2.15. The lowest BCUT2D eigenvalue weighted by atomic mass is 9.98. The molecule has 1 amide bonds. The van der Waals surface area contributed by atoms with E-state index in [1.165, 1.54) is 19.3 Å². The van der Waals surface area contributed by atoms with Crippen LogP contribution >= 0.6 is 0 Å². The molecule has 3 rings (SSSR count). The van der Waals surface area contributed by atoms with Crippen LogP contribution in [0, 0.1) is 0 Å². The fourth-order valence-electron chi connectivity index (χ4n) is 3.06. The molecule has 1 fully saturated rings. The number of carbonyl (C=O) groups is 1. The molecule has 2 aromatic rings. The molecule has 0 saturated heterocycles. The van der Waals surface area contributed by atoms with Gasteiger partial charge < -0.3 is 19.5 Å². The van der Waals surface area contributed by atoms with Crippen molar-refractivity contribution in [2.75, 3.05) is 13.7 Å². The van der Waals surface area contributed by atoms with E-state index in [-0.39, 0.29) is 18.6 Å². The lowest BCUT2D eigenvalue weighted by Gasteiger charge is -2.21. The zero-order valence-corrected chi connectivity index (χ0v) is 15.6. The normalized spacial score (nSPS) is 14.6. The highest BCUT2D eigenvalue weighted by Crippen LogP contribution is 2.23. The number of nitrogens with one attached hydrogen (secondary N) is 1. The second kappa shape index (κ2) is 9.92. The summed E-state index contributed by atoms with van der Waals surface area (Å²) in [5.41, 5.74) is 0.916. The van der Waals surface area contributed by atoms with E-state index in [1.54, 1.807) is 13.3 Å². The molecule has 0 spiro atoms. The molecule has 1 aliphatic carbocycles. The molecule has 1 aromatic heterocycles. The first-order valence-corrected chi connectivity index (χ1v) is 9.38. The number of hydrogen-bond acceptors (Lipinski definition) is 5. The summed E-state index contributed by atoms with van der Waals surface area (Å²) in [7, 11) is 1.62. The van der Waals surface area contributed by atoms with E-state index >= 15 is 0 Å². The molecule has 1 saturated carbocycles. The minimum atomic E-state index is -0.102. The van der Waals surface area contributed by atoms with Gasteiger partial charge in [-0.1, -0.05) is 19.3 Å². The SMILES string of the molecule is COc1ccc(Oc2cc(CNC(=O)COC3CCCCC3)ccn2)cc1. The molecule has 1 aromatic carbocycles. The lowest BCUT2D eigenvalue weighted by Crippen LogP contribution is -2.30. The molecule has 6 nitrogen and oxygen atoms in total. The second-order valence-corrected chi connectivity index (χ2v) is 6.63. The van der Waals surface area contributed by atoms with Crippen molar-refractivity contribution in [2.24, 2.45) is 0 Å². The average molecular weight is 370 g/mol. The third-order valence-electron chi connectivity index (χ3n) is 4.57. The minimum Gasteiger partial charge on any atom is -0.497 e. The first-order valence-electron chi connectivity index (χ1n) is 9.38. The van der Waals surface area contributed by atoms with E-state index in [4.69, 9.17) is 14.2 Å². The van der Waals surface area contributed by atoms with Gasteiger partial charge in [-0.15, -0.1) is 0 Å². The number of pyridine rings is 1. The Balaban J connectivity index is 1.45. The Bertz CT molecular complexity index is 727. The van der Waals surface area contributed by atoms with E-state index in [2.05, 4.69) is 10.3 Å². The first kappa shape index (κ1) is 19.2. The highest BCUT2D eigenvalue weighted by molar-refractivity contribution is 5.77.